The Morgan fingerprint density at radius 2 is 1.41 bits per heavy atom. The molecule has 1 N–H and O–H groups in total. The van der Waals surface area contributed by atoms with Gasteiger partial charge in [-0.1, -0.05) is 12.1 Å². The summed E-state index contributed by atoms with van der Waals surface area (Å²) in [6.07, 6.45) is 0. The second kappa shape index (κ2) is 9.58. The lowest BCUT2D eigenvalue weighted by atomic mass is 10.0. The predicted molar refractivity (Wildman–Crippen MR) is 113 cm³/mol. The molecule has 158 valence electrons. The van der Waals surface area contributed by atoms with Gasteiger partial charge in [-0.05, 0) is 49.0 Å². The molecular weight excluding hydrogens is 390 g/mol. The van der Waals surface area contributed by atoms with E-state index >= 15 is 0 Å². The highest BCUT2D eigenvalue weighted by Gasteiger charge is 2.26. The normalized spacial score (nSPS) is 17.1. The summed E-state index contributed by atoms with van der Waals surface area (Å²) < 4.78 is 38.8. The fourth-order valence-electron chi connectivity index (χ4n) is 3.44. The summed E-state index contributed by atoms with van der Waals surface area (Å²) in [6.45, 7) is 3.98. The molecule has 2 aromatic rings. The zero-order valence-corrected chi connectivity index (χ0v) is 18.0. The minimum absolute atomic E-state index is 0.0531. The Labute approximate surface area is 173 Å². The number of likely N-dealkylation sites (N-methyl/N-ethyl adjacent to an activating group) is 1. The van der Waals surface area contributed by atoms with Gasteiger partial charge < -0.3 is 14.4 Å². The fourth-order valence-corrected chi connectivity index (χ4v) is 4.48. The third-order valence-corrected chi connectivity index (χ3v) is 6.76. The summed E-state index contributed by atoms with van der Waals surface area (Å²) in [5.74, 6) is 1.40. The van der Waals surface area contributed by atoms with Crippen LogP contribution >= 0.6 is 0 Å². The van der Waals surface area contributed by atoms with Crippen LogP contribution in [-0.4, -0.2) is 72.2 Å². The molecule has 1 heterocycles. The van der Waals surface area contributed by atoms with E-state index in [0.717, 1.165) is 37.5 Å². The average Bonchev–Trinajstić information content (AvgIpc) is 2.75. The molecule has 0 spiro atoms. The van der Waals surface area contributed by atoms with E-state index in [4.69, 9.17) is 9.47 Å². The Bertz CT molecular complexity index is 877. The number of ether oxygens (including phenoxy) is 2. The van der Waals surface area contributed by atoms with Crippen LogP contribution in [0.5, 0.6) is 11.5 Å². The van der Waals surface area contributed by atoms with Gasteiger partial charge in [0, 0.05) is 38.8 Å². The van der Waals surface area contributed by atoms with Crippen LogP contribution in [-0.2, 0) is 10.0 Å². The molecule has 1 saturated heterocycles. The summed E-state index contributed by atoms with van der Waals surface area (Å²) in [6, 6.07) is 14.2. The third kappa shape index (κ3) is 5.48. The summed E-state index contributed by atoms with van der Waals surface area (Å²) >= 11 is 0. The van der Waals surface area contributed by atoms with Crippen LogP contribution in [0.3, 0.4) is 0 Å². The maximum Gasteiger partial charge on any atom is 0.240 e. The molecule has 0 unspecified atom stereocenters. The van der Waals surface area contributed by atoms with Crippen molar-refractivity contribution >= 4 is 10.0 Å². The topological polar surface area (TPSA) is 71.1 Å². The molecule has 8 heteroatoms. The molecule has 0 radical (unpaired) electrons. The lowest BCUT2D eigenvalue weighted by molar-refractivity contribution is 0.113. The van der Waals surface area contributed by atoms with E-state index in [1.54, 1.807) is 38.5 Å². The van der Waals surface area contributed by atoms with E-state index in [-0.39, 0.29) is 10.9 Å². The van der Waals surface area contributed by atoms with Gasteiger partial charge in [0.1, 0.15) is 11.5 Å². The lowest BCUT2D eigenvalue weighted by Gasteiger charge is -2.38. The molecule has 29 heavy (non-hydrogen) atoms. The van der Waals surface area contributed by atoms with Crippen molar-refractivity contribution in [3.05, 3.63) is 54.1 Å². The van der Waals surface area contributed by atoms with Gasteiger partial charge in [-0.3, -0.25) is 4.90 Å². The first-order chi connectivity index (χ1) is 13.9. The van der Waals surface area contributed by atoms with Crippen molar-refractivity contribution in [2.45, 2.75) is 10.9 Å². The van der Waals surface area contributed by atoms with Crippen molar-refractivity contribution in [1.82, 2.24) is 14.5 Å². The largest absolute Gasteiger partial charge is 0.497 e. The van der Waals surface area contributed by atoms with E-state index in [1.165, 1.54) is 0 Å². The number of rotatable bonds is 8. The number of hydrogen-bond donors (Lipinski definition) is 1. The average molecular weight is 420 g/mol. The van der Waals surface area contributed by atoms with Crippen molar-refractivity contribution in [2.24, 2.45) is 0 Å². The molecule has 3 rings (SSSR count). The number of nitrogens with one attached hydrogen (secondary N) is 1. The first kappa shape index (κ1) is 21.6. The number of benzene rings is 2. The Morgan fingerprint density at radius 3 is 1.93 bits per heavy atom. The van der Waals surface area contributed by atoms with Crippen LogP contribution in [0, 0.1) is 0 Å². The molecule has 1 fully saturated rings. The molecule has 0 bridgehead atoms. The predicted octanol–water partition coefficient (Wildman–Crippen LogP) is 1.97. The van der Waals surface area contributed by atoms with Crippen LogP contribution in [0.2, 0.25) is 0 Å². The molecule has 0 saturated carbocycles. The van der Waals surface area contributed by atoms with Gasteiger partial charge in [-0.25, -0.2) is 13.1 Å². The number of methoxy groups -OCH3 is 2. The smallest absolute Gasteiger partial charge is 0.240 e. The van der Waals surface area contributed by atoms with Crippen LogP contribution < -0.4 is 14.2 Å². The van der Waals surface area contributed by atoms with E-state index < -0.39 is 10.0 Å². The highest BCUT2D eigenvalue weighted by atomic mass is 32.2. The minimum atomic E-state index is -3.62. The summed E-state index contributed by atoms with van der Waals surface area (Å²) in [5, 5.41) is 0. The first-order valence-electron chi connectivity index (χ1n) is 9.63. The number of hydrogen-bond acceptors (Lipinski definition) is 6. The zero-order chi connectivity index (χ0) is 20.9. The van der Waals surface area contributed by atoms with Gasteiger partial charge in [0.15, 0.2) is 0 Å². The SMILES string of the molecule is COc1ccc([C@H](CNS(=O)(=O)c2ccc(OC)cc2)N2CCN(C)CC2)cc1. The molecule has 1 atom stereocenters. The van der Waals surface area contributed by atoms with E-state index in [0.29, 0.717) is 12.3 Å². The van der Waals surface area contributed by atoms with Crippen molar-refractivity contribution in [3.8, 4) is 11.5 Å². The quantitative estimate of drug-likeness (QED) is 0.706. The van der Waals surface area contributed by atoms with Crippen LogP contribution in [0.25, 0.3) is 0 Å². The van der Waals surface area contributed by atoms with Gasteiger partial charge in [-0.2, -0.15) is 0 Å². The Balaban J connectivity index is 1.78. The lowest BCUT2D eigenvalue weighted by Crippen LogP contribution is -2.48. The van der Waals surface area contributed by atoms with Crippen molar-refractivity contribution in [2.75, 3.05) is 54.0 Å². The molecule has 1 aliphatic rings. The molecule has 0 aromatic heterocycles. The number of nitrogens with zero attached hydrogens (tertiary/aromatic N) is 2. The van der Waals surface area contributed by atoms with E-state index in [1.807, 2.05) is 24.3 Å². The van der Waals surface area contributed by atoms with E-state index in [2.05, 4.69) is 21.6 Å². The van der Waals surface area contributed by atoms with Gasteiger partial charge in [0.05, 0.1) is 19.1 Å². The summed E-state index contributed by atoms with van der Waals surface area (Å²) in [7, 11) is 1.67. The molecule has 2 aromatic carbocycles. The number of sulfonamides is 1. The molecular formula is C21H29N3O4S. The highest BCUT2D eigenvalue weighted by molar-refractivity contribution is 7.89. The van der Waals surface area contributed by atoms with Crippen LogP contribution in [0.1, 0.15) is 11.6 Å². The molecule has 0 aliphatic carbocycles. The number of piperazine rings is 1. The van der Waals surface area contributed by atoms with Crippen LogP contribution in [0.15, 0.2) is 53.4 Å². The van der Waals surface area contributed by atoms with Crippen LogP contribution in [0.4, 0.5) is 0 Å². The summed E-state index contributed by atoms with van der Waals surface area (Å²) in [4.78, 5) is 4.84. The fraction of sp³-hybridized carbons (Fsp3) is 0.429. The van der Waals surface area contributed by atoms with Gasteiger partial charge in [0.2, 0.25) is 10.0 Å². The van der Waals surface area contributed by atoms with Crippen molar-refractivity contribution < 1.29 is 17.9 Å². The second-order valence-corrected chi connectivity index (χ2v) is 8.92. The second-order valence-electron chi connectivity index (χ2n) is 7.16. The van der Waals surface area contributed by atoms with Gasteiger partial charge in [-0.15, -0.1) is 0 Å². The minimum Gasteiger partial charge on any atom is -0.497 e. The molecule has 7 nitrogen and oxygen atoms in total. The standard InChI is InChI=1S/C21H29N3O4S/c1-23-12-14-24(15-13-23)21(17-4-6-18(27-2)7-5-17)16-22-29(25,26)20-10-8-19(28-3)9-11-20/h4-11,21-22H,12-16H2,1-3H3/t21-/m0/s1. The Morgan fingerprint density at radius 1 is 0.897 bits per heavy atom. The maximum atomic E-state index is 12.8. The molecule has 0 amide bonds. The third-order valence-electron chi connectivity index (χ3n) is 5.32. The zero-order valence-electron chi connectivity index (χ0n) is 17.2. The van der Waals surface area contributed by atoms with Crippen molar-refractivity contribution in [1.29, 1.82) is 0 Å². The monoisotopic (exact) mass is 419 g/mol. The van der Waals surface area contributed by atoms with Gasteiger partial charge in [0.25, 0.3) is 0 Å². The molecule has 1 aliphatic heterocycles. The van der Waals surface area contributed by atoms with Gasteiger partial charge >= 0.3 is 0 Å². The Hall–Kier alpha value is -2.13. The van der Waals surface area contributed by atoms with Crippen molar-refractivity contribution in [3.63, 3.8) is 0 Å². The highest BCUT2D eigenvalue weighted by Crippen LogP contribution is 2.25. The van der Waals surface area contributed by atoms with E-state index in [9.17, 15) is 8.42 Å². The maximum absolute atomic E-state index is 12.8. The Kier molecular flexibility index (Phi) is 7.13. The first-order valence-corrected chi connectivity index (χ1v) is 11.1. The summed E-state index contributed by atoms with van der Waals surface area (Å²) in [5.41, 5.74) is 1.06.